The van der Waals surface area contributed by atoms with Gasteiger partial charge in [-0.05, 0) is 54.4 Å². The highest BCUT2D eigenvalue weighted by Gasteiger charge is 2.24. The first-order valence-corrected chi connectivity index (χ1v) is 7.19. The van der Waals surface area contributed by atoms with E-state index in [-0.39, 0.29) is 0 Å². The van der Waals surface area contributed by atoms with Gasteiger partial charge in [0.25, 0.3) is 0 Å². The van der Waals surface area contributed by atoms with Gasteiger partial charge in [0.05, 0.1) is 0 Å². The van der Waals surface area contributed by atoms with E-state index in [2.05, 4.69) is 11.1 Å². The van der Waals surface area contributed by atoms with E-state index in [9.17, 15) is 4.79 Å². The van der Waals surface area contributed by atoms with Crippen molar-refractivity contribution in [1.29, 1.82) is 0 Å². The summed E-state index contributed by atoms with van der Waals surface area (Å²) >= 11 is 1.58. The molecular weight excluding hydrogens is 270 g/mol. The summed E-state index contributed by atoms with van der Waals surface area (Å²) < 4.78 is 5.26. The van der Waals surface area contributed by atoms with Gasteiger partial charge in [0.1, 0.15) is 0 Å². The van der Waals surface area contributed by atoms with Gasteiger partial charge in [-0.3, -0.25) is 0 Å². The molecule has 0 saturated carbocycles. The molecule has 0 aliphatic carbocycles. The minimum Gasteiger partial charge on any atom is -0.402 e. The van der Waals surface area contributed by atoms with Crippen molar-refractivity contribution in [3.63, 3.8) is 0 Å². The predicted molar refractivity (Wildman–Crippen MR) is 80.8 cm³/mol. The van der Waals surface area contributed by atoms with Crippen LogP contribution in [0, 0.1) is 13.8 Å². The predicted octanol–water partition coefficient (Wildman–Crippen LogP) is 3.71. The lowest BCUT2D eigenvalue weighted by Crippen LogP contribution is -2.05. The first kappa shape index (κ1) is 12.8. The van der Waals surface area contributed by atoms with Crippen LogP contribution in [0.1, 0.15) is 22.3 Å². The zero-order valence-corrected chi connectivity index (χ0v) is 12.0. The maximum Gasteiger partial charge on any atom is 0.363 e. The quantitative estimate of drug-likeness (QED) is 0.622. The summed E-state index contributed by atoms with van der Waals surface area (Å²) in [6, 6.07) is 7.94. The second kappa shape index (κ2) is 5.06. The van der Waals surface area contributed by atoms with Crippen molar-refractivity contribution in [2.75, 3.05) is 0 Å². The zero-order chi connectivity index (χ0) is 14.1. The summed E-state index contributed by atoms with van der Waals surface area (Å²) in [5.74, 6) is -0.0198. The number of thiophene rings is 1. The monoisotopic (exact) mass is 283 g/mol. The number of aliphatic imine (C=N–C) groups is 1. The second-order valence-corrected chi connectivity index (χ2v) is 5.55. The van der Waals surface area contributed by atoms with Crippen LogP contribution in [-0.2, 0) is 9.53 Å². The first-order chi connectivity index (χ1) is 9.61. The van der Waals surface area contributed by atoms with E-state index in [1.165, 1.54) is 0 Å². The topological polar surface area (TPSA) is 38.7 Å². The smallest absolute Gasteiger partial charge is 0.363 e. The Balaban J connectivity index is 1.98. The average molecular weight is 283 g/mol. The minimum absolute atomic E-state index is 0.345. The van der Waals surface area contributed by atoms with E-state index in [4.69, 9.17) is 4.74 Å². The van der Waals surface area contributed by atoms with E-state index in [0.29, 0.717) is 11.6 Å². The van der Waals surface area contributed by atoms with Crippen LogP contribution in [0.15, 0.2) is 45.7 Å². The molecule has 1 aromatic heterocycles. The molecule has 2 heterocycles. The molecule has 4 heteroatoms. The largest absolute Gasteiger partial charge is 0.402 e. The number of rotatable bonds is 2. The molecule has 1 aliphatic heterocycles. The van der Waals surface area contributed by atoms with Gasteiger partial charge < -0.3 is 4.74 Å². The van der Waals surface area contributed by atoms with Crippen LogP contribution in [0.25, 0.3) is 6.08 Å². The van der Waals surface area contributed by atoms with Gasteiger partial charge in [0.2, 0.25) is 5.90 Å². The molecule has 3 nitrogen and oxygen atoms in total. The van der Waals surface area contributed by atoms with Crippen LogP contribution in [-0.4, -0.2) is 11.9 Å². The summed E-state index contributed by atoms with van der Waals surface area (Å²) in [6.07, 6.45) is 1.74. The second-order valence-electron chi connectivity index (χ2n) is 4.77. The maximum atomic E-state index is 11.9. The van der Waals surface area contributed by atoms with Crippen LogP contribution in [0.2, 0.25) is 0 Å². The summed E-state index contributed by atoms with van der Waals surface area (Å²) in [5.41, 5.74) is 4.39. The molecule has 0 spiro atoms. The van der Waals surface area contributed by atoms with Crippen LogP contribution >= 0.6 is 11.3 Å². The van der Waals surface area contributed by atoms with Crippen LogP contribution in [0.4, 0.5) is 0 Å². The van der Waals surface area contributed by atoms with Gasteiger partial charge >= 0.3 is 5.97 Å². The van der Waals surface area contributed by atoms with Crippen molar-refractivity contribution >= 4 is 29.3 Å². The minimum atomic E-state index is -0.398. The third kappa shape index (κ3) is 2.56. The van der Waals surface area contributed by atoms with E-state index in [1.54, 1.807) is 17.4 Å². The number of benzene rings is 1. The molecule has 0 unspecified atom stereocenters. The molecule has 0 bridgehead atoms. The van der Waals surface area contributed by atoms with Gasteiger partial charge in [-0.2, -0.15) is 11.3 Å². The van der Waals surface area contributed by atoms with Gasteiger partial charge in [0, 0.05) is 5.56 Å². The fraction of sp³-hybridized carbons (Fsp3) is 0.125. The van der Waals surface area contributed by atoms with Crippen molar-refractivity contribution in [2.24, 2.45) is 4.99 Å². The van der Waals surface area contributed by atoms with E-state index >= 15 is 0 Å². The SMILES string of the molecule is Cc1cc(C)cc(C2=N/C(=C\c3ccsc3)C(=O)O2)c1. The lowest BCUT2D eigenvalue weighted by atomic mass is 10.1. The summed E-state index contributed by atoms with van der Waals surface area (Å²) in [5, 5.41) is 3.92. The molecule has 100 valence electrons. The third-order valence-corrected chi connectivity index (χ3v) is 3.64. The number of esters is 1. The highest BCUT2D eigenvalue weighted by molar-refractivity contribution is 7.08. The number of ether oxygens (including phenoxy) is 1. The molecule has 0 atom stereocenters. The molecule has 2 aromatic rings. The molecule has 20 heavy (non-hydrogen) atoms. The van der Waals surface area contributed by atoms with Crippen molar-refractivity contribution in [3.8, 4) is 0 Å². The first-order valence-electron chi connectivity index (χ1n) is 6.25. The van der Waals surface area contributed by atoms with Crippen LogP contribution in [0.5, 0.6) is 0 Å². The average Bonchev–Trinajstić information content (AvgIpc) is 3.00. The number of hydrogen-bond acceptors (Lipinski definition) is 4. The van der Waals surface area contributed by atoms with Crippen molar-refractivity contribution in [2.45, 2.75) is 13.8 Å². The Kier molecular flexibility index (Phi) is 3.24. The van der Waals surface area contributed by atoms with Gasteiger partial charge in [0.15, 0.2) is 5.70 Å². The van der Waals surface area contributed by atoms with E-state index < -0.39 is 5.97 Å². The Morgan fingerprint density at radius 3 is 2.60 bits per heavy atom. The third-order valence-electron chi connectivity index (χ3n) is 2.94. The molecule has 0 fully saturated rings. The number of hydrogen-bond donors (Lipinski definition) is 0. The van der Waals surface area contributed by atoms with Crippen LogP contribution in [0.3, 0.4) is 0 Å². The lowest BCUT2D eigenvalue weighted by molar-refractivity contribution is -0.129. The van der Waals surface area contributed by atoms with E-state index in [0.717, 1.165) is 22.3 Å². The number of aryl methyl sites for hydroxylation is 2. The molecule has 0 amide bonds. The van der Waals surface area contributed by atoms with Crippen molar-refractivity contribution in [1.82, 2.24) is 0 Å². The molecule has 1 aliphatic rings. The van der Waals surface area contributed by atoms with E-state index in [1.807, 2.05) is 42.8 Å². The van der Waals surface area contributed by atoms with Crippen molar-refractivity contribution < 1.29 is 9.53 Å². The Morgan fingerprint density at radius 2 is 1.95 bits per heavy atom. The molecule has 0 N–H and O–H groups in total. The van der Waals surface area contributed by atoms with Crippen molar-refractivity contribution in [3.05, 3.63) is 63.0 Å². The van der Waals surface area contributed by atoms with Gasteiger partial charge in [-0.15, -0.1) is 0 Å². The standard InChI is InChI=1S/C16H13NO2S/c1-10-5-11(2)7-13(6-10)15-17-14(16(18)19-15)8-12-3-4-20-9-12/h3-9H,1-2H3/b14-8-. The summed E-state index contributed by atoms with van der Waals surface area (Å²) in [6.45, 7) is 4.02. The van der Waals surface area contributed by atoms with Crippen LogP contribution < -0.4 is 0 Å². The fourth-order valence-corrected chi connectivity index (χ4v) is 2.76. The Hall–Kier alpha value is -2.20. The normalized spacial score (nSPS) is 16.4. The Bertz CT molecular complexity index is 707. The molecule has 0 radical (unpaired) electrons. The Labute approximate surface area is 121 Å². The number of carbonyl (C=O) groups is 1. The lowest BCUT2D eigenvalue weighted by Gasteiger charge is -2.03. The summed E-state index contributed by atoms with van der Waals surface area (Å²) in [7, 11) is 0. The fourth-order valence-electron chi connectivity index (χ4n) is 2.15. The maximum absolute atomic E-state index is 11.9. The highest BCUT2D eigenvalue weighted by Crippen LogP contribution is 2.21. The van der Waals surface area contributed by atoms with Gasteiger partial charge in [-0.1, -0.05) is 17.2 Å². The number of carbonyl (C=O) groups excluding carboxylic acids is 1. The number of nitrogens with zero attached hydrogens (tertiary/aromatic N) is 1. The molecule has 3 rings (SSSR count). The van der Waals surface area contributed by atoms with Gasteiger partial charge in [-0.25, -0.2) is 9.79 Å². The number of cyclic esters (lactones) is 1. The molecule has 1 aromatic carbocycles. The highest BCUT2D eigenvalue weighted by atomic mass is 32.1. The zero-order valence-electron chi connectivity index (χ0n) is 11.2. The molecule has 0 saturated heterocycles. The molecular formula is C16H13NO2S. The summed E-state index contributed by atoms with van der Waals surface area (Å²) in [4.78, 5) is 16.2. The Morgan fingerprint density at radius 1 is 1.20 bits per heavy atom.